The van der Waals surface area contributed by atoms with Gasteiger partial charge in [-0.25, -0.2) is 0 Å². The summed E-state index contributed by atoms with van der Waals surface area (Å²) in [6, 6.07) is 0. The minimum atomic E-state index is -0.163. The van der Waals surface area contributed by atoms with Crippen LogP contribution in [-0.4, -0.2) is 16.0 Å². The lowest BCUT2D eigenvalue weighted by Gasteiger charge is -2.36. The Morgan fingerprint density at radius 2 is 1.46 bits per heavy atom. The number of hydrogen-bond acceptors (Lipinski definition) is 2. The van der Waals surface area contributed by atoms with Crippen molar-refractivity contribution in [1.29, 1.82) is 0 Å². The van der Waals surface area contributed by atoms with Crippen molar-refractivity contribution in [3.05, 3.63) is 0 Å². The Hall–Kier alpha value is 0.500. The normalized spacial score (nSPS) is 24.0. The van der Waals surface area contributed by atoms with Gasteiger partial charge in [-0.3, -0.25) is 0 Å². The summed E-state index contributed by atoms with van der Waals surface area (Å²) in [6.07, 6.45) is 8.32. The highest BCUT2D eigenvalue weighted by molar-refractivity contribution is 6.34. The topological polar surface area (TPSA) is 29.3 Å². The summed E-state index contributed by atoms with van der Waals surface area (Å²) in [7, 11) is 0. The van der Waals surface area contributed by atoms with Gasteiger partial charge in [0.2, 0.25) is 0 Å². The Labute approximate surface area is 90.6 Å². The number of nitrogens with zero attached hydrogens (tertiary/aromatic N) is 1. The molecule has 0 atom stereocenters. The van der Waals surface area contributed by atoms with Crippen LogP contribution in [0.25, 0.3) is 0 Å². The van der Waals surface area contributed by atoms with Crippen molar-refractivity contribution in [2.75, 3.05) is 6.54 Å². The molecule has 2 nitrogen and oxygen atoms in total. The van der Waals surface area contributed by atoms with Crippen LogP contribution in [0.15, 0.2) is 0 Å². The van der Waals surface area contributed by atoms with E-state index in [-0.39, 0.29) is 5.54 Å². The van der Waals surface area contributed by atoms with Gasteiger partial charge in [0.25, 0.3) is 0 Å². The largest absolute Gasteiger partial charge is 0.329 e. The van der Waals surface area contributed by atoms with Gasteiger partial charge in [0, 0.05) is 6.54 Å². The van der Waals surface area contributed by atoms with Crippen LogP contribution >= 0.6 is 23.6 Å². The minimum absolute atomic E-state index is 0.163. The highest BCUT2D eigenvalue weighted by Crippen LogP contribution is 2.33. The molecule has 0 amide bonds. The van der Waals surface area contributed by atoms with E-state index in [0.29, 0.717) is 6.54 Å². The van der Waals surface area contributed by atoms with Crippen molar-refractivity contribution in [3.8, 4) is 0 Å². The lowest BCUT2D eigenvalue weighted by atomic mass is 9.85. The standard InChI is InChI=1S/C9H18Cl2N2/c10-13(11)9(8-12)6-4-2-1-3-5-7-9/h1-8,12H2. The lowest BCUT2D eigenvalue weighted by Crippen LogP contribution is -2.46. The maximum absolute atomic E-state index is 5.86. The van der Waals surface area contributed by atoms with Crippen molar-refractivity contribution in [3.63, 3.8) is 0 Å². The van der Waals surface area contributed by atoms with Gasteiger partial charge in [0.15, 0.2) is 0 Å². The molecule has 0 aliphatic heterocycles. The maximum Gasteiger partial charge on any atom is 0.0648 e. The molecule has 0 radical (unpaired) electrons. The summed E-state index contributed by atoms with van der Waals surface area (Å²) in [6.45, 7) is 0.556. The number of hydrogen-bond donors (Lipinski definition) is 1. The molecule has 0 aromatic carbocycles. The first-order valence-corrected chi connectivity index (χ1v) is 5.71. The molecule has 0 spiro atoms. The molecule has 1 fully saturated rings. The van der Waals surface area contributed by atoms with Crippen LogP contribution in [0.2, 0.25) is 0 Å². The maximum atomic E-state index is 5.86. The van der Waals surface area contributed by atoms with E-state index in [1.165, 1.54) is 36.0 Å². The Morgan fingerprint density at radius 3 is 1.85 bits per heavy atom. The van der Waals surface area contributed by atoms with Gasteiger partial charge in [-0.05, 0) is 36.4 Å². The van der Waals surface area contributed by atoms with E-state index in [1.807, 2.05) is 0 Å². The van der Waals surface area contributed by atoms with Crippen molar-refractivity contribution < 1.29 is 0 Å². The summed E-state index contributed by atoms with van der Waals surface area (Å²) in [5, 5.41) is 0. The molecule has 1 aliphatic carbocycles. The minimum Gasteiger partial charge on any atom is -0.329 e. The van der Waals surface area contributed by atoms with Gasteiger partial charge in [-0.15, -0.1) is 3.94 Å². The number of nitrogens with two attached hydrogens (primary N) is 1. The smallest absolute Gasteiger partial charge is 0.0648 e. The third kappa shape index (κ3) is 2.98. The summed E-state index contributed by atoms with van der Waals surface area (Å²) < 4.78 is 1.29. The highest BCUT2D eigenvalue weighted by Gasteiger charge is 2.34. The molecule has 78 valence electrons. The van der Waals surface area contributed by atoms with E-state index >= 15 is 0 Å². The first-order chi connectivity index (χ1) is 6.21. The molecular formula is C9H18Cl2N2. The quantitative estimate of drug-likeness (QED) is 0.732. The average molecular weight is 225 g/mol. The van der Waals surface area contributed by atoms with Gasteiger partial charge in [-0.2, -0.15) is 0 Å². The van der Waals surface area contributed by atoms with E-state index in [9.17, 15) is 0 Å². The Balaban J connectivity index is 2.58. The van der Waals surface area contributed by atoms with Crippen molar-refractivity contribution in [2.24, 2.45) is 5.73 Å². The van der Waals surface area contributed by atoms with Crippen LogP contribution in [0.3, 0.4) is 0 Å². The summed E-state index contributed by atoms with van der Waals surface area (Å²) in [5.41, 5.74) is 5.59. The summed E-state index contributed by atoms with van der Waals surface area (Å²) >= 11 is 11.7. The third-order valence-electron chi connectivity index (χ3n) is 3.02. The zero-order valence-corrected chi connectivity index (χ0v) is 9.45. The zero-order valence-electron chi connectivity index (χ0n) is 7.94. The summed E-state index contributed by atoms with van der Waals surface area (Å²) in [5.74, 6) is 0. The average Bonchev–Trinajstić information content (AvgIpc) is 2.04. The van der Waals surface area contributed by atoms with Crippen LogP contribution in [0, 0.1) is 0 Å². The van der Waals surface area contributed by atoms with Gasteiger partial charge < -0.3 is 5.73 Å². The van der Waals surface area contributed by atoms with E-state index in [2.05, 4.69) is 0 Å². The molecule has 2 N–H and O–H groups in total. The molecule has 4 heteroatoms. The molecule has 0 aromatic heterocycles. The fraction of sp³-hybridized carbons (Fsp3) is 1.00. The van der Waals surface area contributed by atoms with Gasteiger partial charge >= 0.3 is 0 Å². The fourth-order valence-corrected chi connectivity index (χ4v) is 2.48. The van der Waals surface area contributed by atoms with Gasteiger partial charge in [0.05, 0.1) is 5.54 Å². The van der Waals surface area contributed by atoms with E-state index in [1.54, 1.807) is 0 Å². The molecule has 0 saturated heterocycles. The Kier molecular flexibility index (Phi) is 4.81. The third-order valence-corrected chi connectivity index (χ3v) is 3.74. The molecule has 0 heterocycles. The second-order valence-electron chi connectivity index (χ2n) is 3.93. The van der Waals surface area contributed by atoms with Gasteiger partial charge in [0.1, 0.15) is 0 Å². The number of halogens is 2. The second kappa shape index (κ2) is 5.40. The van der Waals surface area contributed by atoms with E-state index < -0.39 is 0 Å². The number of rotatable bonds is 2. The molecule has 1 saturated carbocycles. The predicted molar refractivity (Wildman–Crippen MR) is 57.6 cm³/mol. The molecule has 0 unspecified atom stereocenters. The zero-order chi connectivity index (χ0) is 9.73. The van der Waals surface area contributed by atoms with Crippen molar-refractivity contribution >= 4 is 23.6 Å². The van der Waals surface area contributed by atoms with Crippen molar-refractivity contribution in [2.45, 2.75) is 50.5 Å². The van der Waals surface area contributed by atoms with Crippen LogP contribution in [-0.2, 0) is 0 Å². The molecule has 0 bridgehead atoms. The monoisotopic (exact) mass is 224 g/mol. The molecule has 0 aromatic rings. The SMILES string of the molecule is NCC1(N(Cl)Cl)CCCCCCC1. The molecule has 1 aliphatic rings. The Morgan fingerprint density at radius 1 is 1.00 bits per heavy atom. The first-order valence-electron chi connectivity index (χ1n) is 5.03. The first kappa shape index (κ1) is 11.6. The van der Waals surface area contributed by atoms with Crippen LogP contribution in [0.1, 0.15) is 44.9 Å². The van der Waals surface area contributed by atoms with Crippen LogP contribution in [0.4, 0.5) is 0 Å². The van der Waals surface area contributed by atoms with E-state index in [0.717, 1.165) is 12.8 Å². The highest BCUT2D eigenvalue weighted by atomic mass is 35.5. The predicted octanol–water partition coefficient (Wildman–Crippen LogP) is 3.04. The van der Waals surface area contributed by atoms with Crippen LogP contribution < -0.4 is 5.73 Å². The van der Waals surface area contributed by atoms with Gasteiger partial charge in [-0.1, -0.05) is 32.1 Å². The van der Waals surface area contributed by atoms with Crippen molar-refractivity contribution in [1.82, 2.24) is 3.94 Å². The fourth-order valence-electron chi connectivity index (χ4n) is 2.01. The van der Waals surface area contributed by atoms with E-state index in [4.69, 9.17) is 29.3 Å². The molecule has 1 rings (SSSR count). The molecular weight excluding hydrogens is 207 g/mol. The summed E-state index contributed by atoms with van der Waals surface area (Å²) in [4.78, 5) is 0. The van der Waals surface area contributed by atoms with Crippen LogP contribution in [0.5, 0.6) is 0 Å². The Bertz CT molecular complexity index is 143. The lowest BCUT2D eigenvalue weighted by molar-refractivity contribution is 0.226. The second-order valence-corrected chi connectivity index (χ2v) is 4.78. The molecule has 13 heavy (non-hydrogen) atoms.